The molecule has 16 heavy (non-hydrogen) atoms. The summed E-state index contributed by atoms with van der Waals surface area (Å²) in [6.07, 6.45) is -5.23. The van der Waals surface area contributed by atoms with Crippen LogP contribution in [0.5, 0.6) is 0 Å². The lowest BCUT2D eigenvalue weighted by molar-refractivity contribution is -0.147. The fraction of sp³-hybridized carbons (Fsp3) is 0.600. The van der Waals surface area contributed by atoms with Crippen molar-refractivity contribution in [3.05, 3.63) is 25.3 Å². The van der Waals surface area contributed by atoms with E-state index < -0.39 is 36.6 Å². The summed E-state index contributed by atoms with van der Waals surface area (Å²) in [5.41, 5.74) is -1.99. The molecule has 0 fully saturated rings. The first-order valence-electron chi connectivity index (χ1n) is 4.66. The number of aliphatic hydroxyl groups excluding tert-OH is 5. The van der Waals surface area contributed by atoms with Gasteiger partial charge in [0.1, 0.15) is 30.0 Å². The topological polar surface area (TPSA) is 121 Å². The van der Waals surface area contributed by atoms with E-state index in [-0.39, 0.29) is 0 Å². The molecular formula is C10H18O6. The molecule has 0 aliphatic carbocycles. The summed E-state index contributed by atoms with van der Waals surface area (Å²) >= 11 is 0. The maximum atomic E-state index is 9.67. The number of aliphatic hydroxyl groups is 6. The van der Waals surface area contributed by atoms with E-state index in [1.807, 2.05) is 0 Å². The summed E-state index contributed by atoms with van der Waals surface area (Å²) in [7, 11) is 0. The van der Waals surface area contributed by atoms with Crippen LogP contribution in [0.3, 0.4) is 0 Å². The van der Waals surface area contributed by atoms with Crippen molar-refractivity contribution in [2.75, 3.05) is 6.61 Å². The van der Waals surface area contributed by atoms with Crippen molar-refractivity contribution in [2.24, 2.45) is 0 Å². The van der Waals surface area contributed by atoms with Gasteiger partial charge in [-0.2, -0.15) is 0 Å². The molecule has 6 nitrogen and oxygen atoms in total. The van der Waals surface area contributed by atoms with Crippen molar-refractivity contribution in [2.45, 2.75) is 30.0 Å². The molecule has 0 spiro atoms. The second kappa shape index (κ2) is 6.09. The maximum Gasteiger partial charge on any atom is 0.129 e. The van der Waals surface area contributed by atoms with Gasteiger partial charge in [0, 0.05) is 0 Å². The highest BCUT2D eigenvalue weighted by Crippen LogP contribution is 2.19. The van der Waals surface area contributed by atoms with Crippen LogP contribution in [0.2, 0.25) is 0 Å². The third-order valence-corrected chi connectivity index (χ3v) is 2.38. The smallest absolute Gasteiger partial charge is 0.129 e. The van der Waals surface area contributed by atoms with Crippen LogP contribution in [-0.2, 0) is 0 Å². The molecule has 0 unspecified atom stereocenters. The summed E-state index contributed by atoms with van der Waals surface area (Å²) in [5.74, 6) is 0. The predicted molar refractivity (Wildman–Crippen MR) is 56.5 cm³/mol. The van der Waals surface area contributed by atoms with Crippen LogP contribution < -0.4 is 0 Å². The number of hydrogen-bond donors (Lipinski definition) is 6. The standard InChI is InChI=1S/C10H18O6/c1-3-10(16,4-2)9(15)8(14)7(13)6(12)5-11/h3-4,6-9,11-16H,1-2,5H2/t6-,7-,8+,9-/m1/s1. The van der Waals surface area contributed by atoms with E-state index in [1.54, 1.807) is 0 Å². The van der Waals surface area contributed by atoms with Gasteiger partial charge in [0.15, 0.2) is 0 Å². The molecule has 0 rings (SSSR count). The SMILES string of the molecule is C=CC(O)(C=C)[C@H](O)[C@@H](O)[C@H](O)[C@H](O)CO. The minimum Gasteiger partial charge on any atom is -0.394 e. The highest BCUT2D eigenvalue weighted by atomic mass is 16.4. The molecule has 0 amide bonds. The fourth-order valence-electron chi connectivity index (χ4n) is 1.12. The Kier molecular flexibility index (Phi) is 5.80. The molecule has 4 atom stereocenters. The zero-order chi connectivity index (χ0) is 12.9. The molecule has 0 aromatic heterocycles. The molecular weight excluding hydrogens is 216 g/mol. The number of rotatable bonds is 7. The Morgan fingerprint density at radius 3 is 1.75 bits per heavy atom. The summed E-state index contributed by atoms with van der Waals surface area (Å²) in [5, 5.41) is 55.6. The summed E-state index contributed by atoms with van der Waals surface area (Å²) in [4.78, 5) is 0. The van der Waals surface area contributed by atoms with E-state index in [2.05, 4.69) is 13.2 Å². The minimum absolute atomic E-state index is 0.786. The lowest BCUT2D eigenvalue weighted by atomic mass is 9.89. The van der Waals surface area contributed by atoms with Gasteiger partial charge in [0.25, 0.3) is 0 Å². The van der Waals surface area contributed by atoms with E-state index in [0.29, 0.717) is 0 Å². The van der Waals surface area contributed by atoms with Crippen molar-refractivity contribution in [1.82, 2.24) is 0 Å². The Morgan fingerprint density at radius 2 is 1.44 bits per heavy atom. The zero-order valence-corrected chi connectivity index (χ0v) is 8.77. The highest BCUT2D eigenvalue weighted by molar-refractivity contribution is 5.14. The van der Waals surface area contributed by atoms with Gasteiger partial charge in [0.2, 0.25) is 0 Å². The predicted octanol–water partition coefficient (Wildman–Crippen LogP) is -2.47. The van der Waals surface area contributed by atoms with Crippen molar-refractivity contribution in [3.63, 3.8) is 0 Å². The van der Waals surface area contributed by atoms with Gasteiger partial charge in [-0.3, -0.25) is 0 Å². The van der Waals surface area contributed by atoms with Gasteiger partial charge in [-0.15, -0.1) is 0 Å². The largest absolute Gasteiger partial charge is 0.394 e. The van der Waals surface area contributed by atoms with E-state index in [4.69, 9.17) is 10.2 Å². The molecule has 0 saturated heterocycles. The van der Waals surface area contributed by atoms with Crippen LogP contribution in [0.4, 0.5) is 0 Å². The molecule has 0 aliphatic heterocycles. The molecule has 6 heteroatoms. The Morgan fingerprint density at radius 1 is 1.00 bits per heavy atom. The van der Waals surface area contributed by atoms with Gasteiger partial charge in [-0.05, 0) is 0 Å². The maximum absolute atomic E-state index is 9.67. The Labute approximate surface area is 93.4 Å². The summed E-state index contributed by atoms with van der Waals surface area (Å²) in [6.45, 7) is 5.70. The molecule has 6 N–H and O–H groups in total. The lowest BCUT2D eigenvalue weighted by Crippen LogP contribution is -2.54. The van der Waals surface area contributed by atoms with Gasteiger partial charge in [-0.25, -0.2) is 0 Å². The van der Waals surface area contributed by atoms with Crippen molar-refractivity contribution < 1.29 is 30.6 Å². The second-order valence-corrected chi connectivity index (χ2v) is 3.47. The zero-order valence-electron chi connectivity index (χ0n) is 8.77. The molecule has 94 valence electrons. The second-order valence-electron chi connectivity index (χ2n) is 3.47. The third kappa shape index (κ3) is 3.11. The fourth-order valence-corrected chi connectivity index (χ4v) is 1.12. The Bertz CT molecular complexity index is 233. The van der Waals surface area contributed by atoms with Crippen LogP contribution in [0.1, 0.15) is 0 Å². The van der Waals surface area contributed by atoms with E-state index >= 15 is 0 Å². The van der Waals surface area contributed by atoms with Crippen molar-refractivity contribution in [3.8, 4) is 0 Å². The quantitative estimate of drug-likeness (QED) is 0.271. The molecule has 0 aromatic carbocycles. The van der Waals surface area contributed by atoms with E-state index in [0.717, 1.165) is 12.2 Å². The summed E-state index contributed by atoms with van der Waals surface area (Å²) in [6, 6.07) is 0. The first-order valence-corrected chi connectivity index (χ1v) is 4.66. The van der Waals surface area contributed by atoms with Crippen LogP contribution in [-0.4, -0.2) is 67.3 Å². The molecule has 0 saturated carbocycles. The van der Waals surface area contributed by atoms with Gasteiger partial charge in [-0.1, -0.05) is 25.3 Å². The van der Waals surface area contributed by atoms with Crippen LogP contribution in [0.25, 0.3) is 0 Å². The molecule has 0 heterocycles. The van der Waals surface area contributed by atoms with Crippen LogP contribution in [0.15, 0.2) is 25.3 Å². The minimum atomic E-state index is -1.99. The lowest BCUT2D eigenvalue weighted by Gasteiger charge is -2.33. The van der Waals surface area contributed by atoms with Crippen molar-refractivity contribution >= 4 is 0 Å². The first-order chi connectivity index (χ1) is 7.33. The van der Waals surface area contributed by atoms with E-state index in [9.17, 15) is 20.4 Å². The average molecular weight is 234 g/mol. The van der Waals surface area contributed by atoms with Gasteiger partial charge in [0.05, 0.1) is 6.61 Å². The van der Waals surface area contributed by atoms with Crippen LogP contribution in [0, 0.1) is 0 Å². The molecule has 0 bridgehead atoms. The van der Waals surface area contributed by atoms with Crippen molar-refractivity contribution in [1.29, 1.82) is 0 Å². The Hall–Kier alpha value is -0.760. The van der Waals surface area contributed by atoms with Gasteiger partial charge < -0.3 is 30.6 Å². The Balaban J connectivity index is 4.77. The molecule has 0 aromatic rings. The highest BCUT2D eigenvalue weighted by Gasteiger charge is 2.40. The monoisotopic (exact) mass is 234 g/mol. The normalized spacial score (nSPS) is 19.6. The third-order valence-electron chi connectivity index (χ3n) is 2.38. The summed E-state index contributed by atoms with van der Waals surface area (Å²) < 4.78 is 0. The van der Waals surface area contributed by atoms with E-state index in [1.165, 1.54) is 0 Å². The van der Waals surface area contributed by atoms with Gasteiger partial charge >= 0.3 is 0 Å². The van der Waals surface area contributed by atoms with Crippen LogP contribution >= 0.6 is 0 Å². The molecule has 0 aliphatic rings. The average Bonchev–Trinajstić information content (AvgIpc) is 2.33. The first kappa shape index (κ1) is 15.2. The number of hydrogen-bond acceptors (Lipinski definition) is 6. The molecule has 0 radical (unpaired) electrons.